The van der Waals surface area contributed by atoms with E-state index in [9.17, 15) is 23.1 Å². The summed E-state index contributed by atoms with van der Waals surface area (Å²) < 4.78 is 45.0. The zero-order chi connectivity index (χ0) is 17.6. The van der Waals surface area contributed by atoms with Gasteiger partial charge in [-0.2, -0.15) is 13.2 Å². The Balaban J connectivity index is 2.62. The number of hydrogen-bond donors (Lipinski definition) is 1. The molecule has 23 heavy (non-hydrogen) atoms. The van der Waals surface area contributed by atoms with Gasteiger partial charge in [-0.1, -0.05) is 0 Å². The first-order valence-electron chi connectivity index (χ1n) is 7.04. The number of nitrogens with zero attached hydrogens (tertiary/aromatic N) is 1. The number of benzene rings is 1. The van der Waals surface area contributed by atoms with Crippen molar-refractivity contribution in [2.24, 2.45) is 0 Å². The summed E-state index contributed by atoms with van der Waals surface area (Å²) in [5.74, 6) is 0. The Kier molecular flexibility index (Phi) is 4.19. The largest absolute Gasteiger partial charge is 0.443 e. The minimum atomic E-state index is -4.50. The zero-order valence-corrected chi connectivity index (χ0v) is 13.2. The molecule has 0 saturated heterocycles. The summed E-state index contributed by atoms with van der Waals surface area (Å²) >= 11 is 0. The summed E-state index contributed by atoms with van der Waals surface area (Å²) in [4.78, 5) is 12.2. The second-order valence-corrected chi connectivity index (χ2v) is 6.34. The minimum absolute atomic E-state index is 0.167. The molecule has 2 rings (SSSR count). The van der Waals surface area contributed by atoms with Crippen LogP contribution in [0.5, 0.6) is 0 Å². The number of fused-ring (bicyclic) bond motifs is 1. The first-order chi connectivity index (χ1) is 10.4. The molecule has 4 nitrogen and oxygen atoms in total. The highest BCUT2D eigenvalue weighted by Crippen LogP contribution is 2.34. The highest BCUT2D eigenvalue weighted by Gasteiger charge is 2.32. The molecule has 1 heterocycles. The lowest BCUT2D eigenvalue weighted by atomic mass is 10.1. The van der Waals surface area contributed by atoms with E-state index in [0.717, 1.165) is 16.7 Å². The Morgan fingerprint density at radius 3 is 2.35 bits per heavy atom. The monoisotopic (exact) mass is 329 g/mol. The summed E-state index contributed by atoms with van der Waals surface area (Å²) in [6.07, 6.45) is -4.93. The van der Waals surface area contributed by atoms with Crippen LogP contribution in [-0.2, 0) is 10.9 Å². The lowest BCUT2D eigenvalue weighted by Gasteiger charge is -2.19. The fourth-order valence-corrected chi connectivity index (χ4v) is 2.23. The van der Waals surface area contributed by atoms with Crippen LogP contribution >= 0.6 is 0 Å². The molecule has 7 heteroatoms. The van der Waals surface area contributed by atoms with Crippen molar-refractivity contribution in [3.8, 4) is 0 Å². The third-order valence-corrected chi connectivity index (χ3v) is 3.20. The van der Waals surface area contributed by atoms with E-state index in [1.54, 1.807) is 20.8 Å². The van der Waals surface area contributed by atoms with Crippen LogP contribution in [-0.4, -0.2) is 21.4 Å². The molecule has 0 saturated carbocycles. The molecule has 1 aromatic heterocycles. The molecule has 0 spiro atoms. The molecule has 1 N–H and O–H groups in total. The molecule has 1 unspecified atom stereocenters. The topological polar surface area (TPSA) is 51.5 Å². The molecule has 0 bridgehead atoms. The highest BCUT2D eigenvalue weighted by atomic mass is 19.4. The van der Waals surface area contributed by atoms with Crippen molar-refractivity contribution in [1.82, 2.24) is 4.57 Å². The van der Waals surface area contributed by atoms with E-state index < -0.39 is 29.5 Å². The fourth-order valence-electron chi connectivity index (χ4n) is 2.23. The predicted molar refractivity (Wildman–Crippen MR) is 79.2 cm³/mol. The highest BCUT2D eigenvalue weighted by molar-refractivity contribution is 5.92. The minimum Gasteiger partial charge on any atom is -0.443 e. The van der Waals surface area contributed by atoms with Gasteiger partial charge in [0, 0.05) is 17.1 Å². The second kappa shape index (κ2) is 5.56. The van der Waals surface area contributed by atoms with Gasteiger partial charge in [0.2, 0.25) is 0 Å². The summed E-state index contributed by atoms with van der Waals surface area (Å²) in [5, 5.41) is 9.96. The Morgan fingerprint density at radius 2 is 1.87 bits per heavy atom. The van der Waals surface area contributed by atoms with Crippen LogP contribution in [0.3, 0.4) is 0 Å². The standard InChI is InChI=1S/C16H18F3NO3/c1-9(21)12-8-20(14(22)23-15(2,3)4)13-6-5-10(7-11(12)13)16(17,18)19/h5-9,21H,1-4H3. The summed E-state index contributed by atoms with van der Waals surface area (Å²) in [7, 11) is 0. The van der Waals surface area contributed by atoms with Crippen molar-refractivity contribution < 1.29 is 27.8 Å². The second-order valence-electron chi connectivity index (χ2n) is 6.34. The maximum Gasteiger partial charge on any atom is 0.419 e. The number of aliphatic hydroxyl groups excluding tert-OH is 1. The van der Waals surface area contributed by atoms with Crippen LogP contribution in [0.25, 0.3) is 10.9 Å². The number of alkyl halides is 3. The summed E-state index contributed by atoms with van der Waals surface area (Å²) in [6.45, 7) is 6.49. The number of carbonyl (C=O) groups excluding carboxylic acids is 1. The Labute approximate surface area is 131 Å². The van der Waals surface area contributed by atoms with E-state index in [1.807, 2.05) is 0 Å². The lowest BCUT2D eigenvalue weighted by molar-refractivity contribution is -0.137. The van der Waals surface area contributed by atoms with Crippen LogP contribution in [0.1, 0.15) is 44.9 Å². The smallest absolute Gasteiger partial charge is 0.419 e. The van der Waals surface area contributed by atoms with Gasteiger partial charge in [-0.25, -0.2) is 4.79 Å². The van der Waals surface area contributed by atoms with Crippen molar-refractivity contribution in [2.75, 3.05) is 0 Å². The van der Waals surface area contributed by atoms with Gasteiger partial charge in [-0.05, 0) is 45.9 Å². The molecule has 0 fully saturated rings. The van der Waals surface area contributed by atoms with Gasteiger partial charge < -0.3 is 9.84 Å². The van der Waals surface area contributed by atoms with Crippen LogP contribution in [0.2, 0.25) is 0 Å². The average Bonchev–Trinajstić information content (AvgIpc) is 2.74. The molecule has 1 aromatic carbocycles. The molecular weight excluding hydrogens is 311 g/mol. The Hall–Kier alpha value is -2.02. The average molecular weight is 329 g/mol. The lowest BCUT2D eigenvalue weighted by Crippen LogP contribution is -2.26. The first-order valence-corrected chi connectivity index (χ1v) is 7.04. The van der Waals surface area contributed by atoms with Crippen molar-refractivity contribution in [3.63, 3.8) is 0 Å². The molecule has 0 radical (unpaired) electrons. The SMILES string of the molecule is CC(O)c1cn(C(=O)OC(C)(C)C)c2ccc(C(F)(F)F)cc12. The van der Waals surface area contributed by atoms with E-state index in [4.69, 9.17) is 4.74 Å². The van der Waals surface area contributed by atoms with Gasteiger partial charge in [0.1, 0.15) is 5.60 Å². The molecule has 0 aliphatic carbocycles. The van der Waals surface area contributed by atoms with Gasteiger partial charge in [-0.3, -0.25) is 4.57 Å². The van der Waals surface area contributed by atoms with Gasteiger partial charge in [-0.15, -0.1) is 0 Å². The van der Waals surface area contributed by atoms with E-state index in [0.29, 0.717) is 0 Å². The predicted octanol–water partition coefficient (Wildman–Crippen LogP) is 4.50. The maximum atomic E-state index is 12.9. The third kappa shape index (κ3) is 3.67. The van der Waals surface area contributed by atoms with Crippen molar-refractivity contribution in [2.45, 2.75) is 45.6 Å². The Morgan fingerprint density at radius 1 is 1.26 bits per heavy atom. The number of aromatic nitrogens is 1. The molecule has 2 aromatic rings. The first kappa shape index (κ1) is 17.3. The number of rotatable bonds is 1. The quantitative estimate of drug-likeness (QED) is 0.838. The van der Waals surface area contributed by atoms with Crippen LogP contribution in [0.4, 0.5) is 18.0 Å². The summed E-state index contributed by atoms with van der Waals surface area (Å²) in [6, 6.07) is 3.03. The Bertz CT molecular complexity index is 739. The van der Waals surface area contributed by atoms with E-state index in [1.165, 1.54) is 19.2 Å². The molecular formula is C16H18F3NO3. The number of aliphatic hydroxyl groups is 1. The van der Waals surface area contributed by atoms with E-state index in [-0.39, 0.29) is 16.5 Å². The molecule has 0 aliphatic heterocycles. The van der Waals surface area contributed by atoms with Crippen LogP contribution < -0.4 is 0 Å². The number of ether oxygens (including phenoxy) is 1. The summed E-state index contributed by atoms with van der Waals surface area (Å²) in [5.41, 5.74) is -1.10. The van der Waals surface area contributed by atoms with Crippen LogP contribution in [0, 0.1) is 0 Å². The molecule has 126 valence electrons. The molecule has 1 atom stereocenters. The van der Waals surface area contributed by atoms with Gasteiger partial charge in [0.15, 0.2) is 0 Å². The van der Waals surface area contributed by atoms with Crippen molar-refractivity contribution in [3.05, 3.63) is 35.5 Å². The van der Waals surface area contributed by atoms with E-state index in [2.05, 4.69) is 0 Å². The van der Waals surface area contributed by atoms with Gasteiger partial charge in [0.05, 0.1) is 17.2 Å². The normalized spacial score (nSPS) is 14.1. The fraction of sp³-hybridized carbons (Fsp3) is 0.438. The molecule has 0 aliphatic rings. The molecule has 0 amide bonds. The number of carbonyl (C=O) groups is 1. The van der Waals surface area contributed by atoms with Crippen molar-refractivity contribution >= 4 is 17.0 Å². The maximum absolute atomic E-state index is 12.9. The number of hydrogen-bond acceptors (Lipinski definition) is 3. The van der Waals surface area contributed by atoms with Crippen LogP contribution in [0.15, 0.2) is 24.4 Å². The zero-order valence-electron chi connectivity index (χ0n) is 13.2. The van der Waals surface area contributed by atoms with E-state index >= 15 is 0 Å². The van der Waals surface area contributed by atoms with Gasteiger partial charge >= 0.3 is 12.3 Å². The number of halogens is 3. The third-order valence-electron chi connectivity index (χ3n) is 3.20. The van der Waals surface area contributed by atoms with Gasteiger partial charge in [0.25, 0.3) is 0 Å². The van der Waals surface area contributed by atoms with Crippen molar-refractivity contribution in [1.29, 1.82) is 0 Å².